The van der Waals surface area contributed by atoms with Gasteiger partial charge in [0.05, 0.1) is 0 Å². The zero-order chi connectivity index (χ0) is 18.1. The monoisotopic (exact) mass is 368 g/mol. The van der Waals surface area contributed by atoms with Gasteiger partial charge in [-0.05, 0) is 60.7 Å². The van der Waals surface area contributed by atoms with Gasteiger partial charge >= 0.3 is 0 Å². The molecule has 0 atom stereocenters. The van der Waals surface area contributed by atoms with Gasteiger partial charge in [-0.3, -0.25) is 0 Å². The average molecular weight is 368 g/mol. The zero-order valence-electron chi connectivity index (χ0n) is 14.5. The summed E-state index contributed by atoms with van der Waals surface area (Å²) in [5.41, 5.74) is 0. The van der Waals surface area contributed by atoms with Gasteiger partial charge in [-0.25, -0.2) is 0 Å². The highest BCUT2D eigenvalue weighted by molar-refractivity contribution is 7.25. The Morgan fingerprint density at radius 2 is 0.889 bits per heavy atom. The molecule has 0 N–H and O–H groups in total. The van der Waals surface area contributed by atoms with Crippen LogP contribution < -0.4 is 9.47 Å². The van der Waals surface area contributed by atoms with Gasteiger partial charge in [0.15, 0.2) is 0 Å². The molecule has 1 heterocycles. The summed E-state index contributed by atoms with van der Waals surface area (Å²) in [7, 11) is 0. The molecule has 2 nitrogen and oxygen atoms in total. The van der Waals surface area contributed by atoms with Gasteiger partial charge in [-0.2, -0.15) is 0 Å². The van der Waals surface area contributed by atoms with Crippen molar-refractivity contribution in [1.29, 1.82) is 0 Å². The molecule has 5 rings (SSSR count). The average Bonchev–Trinajstić information content (AvgIpc) is 3.07. The van der Waals surface area contributed by atoms with E-state index in [4.69, 9.17) is 9.47 Å². The van der Waals surface area contributed by atoms with E-state index in [0.29, 0.717) is 0 Å². The van der Waals surface area contributed by atoms with Gasteiger partial charge in [0.25, 0.3) is 0 Å². The summed E-state index contributed by atoms with van der Waals surface area (Å²) in [6.07, 6.45) is 0. The number of thiophene rings is 1. The maximum atomic E-state index is 6.00. The van der Waals surface area contributed by atoms with Crippen LogP contribution in [0.25, 0.3) is 20.2 Å². The Morgan fingerprint density at radius 1 is 0.444 bits per heavy atom. The van der Waals surface area contributed by atoms with E-state index < -0.39 is 0 Å². The van der Waals surface area contributed by atoms with Gasteiger partial charge < -0.3 is 9.47 Å². The molecule has 0 spiro atoms. The summed E-state index contributed by atoms with van der Waals surface area (Å²) in [5, 5.41) is 2.36. The maximum absolute atomic E-state index is 6.00. The highest BCUT2D eigenvalue weighted by Gasteiger charge is 2.09. The smallest absolute Gasteiger partial charge is 0.128 e. The number of rotatable bonds is 4. The molecule has 3 heteroatoms. The van der Waals surface area contributed by atoms with Crippen LogP contribution in [0.4, 0.5) is 0 Å². The van der Waals surface area contributed by atoms with Crippen LogP contribution in [-0.4, -0.2) is 0 Å². The molecule has 0 aliphatic carbocycles. The number of ether oxygens (including phenoxy) is 2. The Hall–Kier alpha value is -3.30. The molecule has 1 aromatic heterocycles. The second-order valence-electron chi connectivity index (χ2n) is 6.25. The molecular weight excluding hydrogens is 352 g/mol. The van der Waals surface area contributed by atoms with E-state index in [-0.39, 0.29) is 0 Å². The Bertz CT molecular complexity index is 1120. The summed E-state index contributed by atoms with van der Waals surface area (Å²) < 4.78 is 14.5. The largest absolute Gasteiger partial charge is 0.457 e. The van der Waals surface area contributed by atoms with Crippen molar-refractivity contribution in [2.24, 2.45) is 0 Å². The lowest BCUT2D eigenvalue weighted by Gasteiger charge is -2.06. The van der Waals surface area contributed by atoms with Crippen molar-refractivity contribution >= 4 is 31.5 Å². The second-order valence-corrected chi connectivity index (χ2v) is 7.33. The van der Waals surface area contributed by atoms with Crippen LogP contribution in [0.2, 0.25) is 0 Å². The number of hydrogen-bond donors (Lipinski definition) is 0. The van der Waals surface area contributed by atoms with Crippen LogP contribution in [0.5, 0.6) is 23.0 Å². The predicted molar refractivity (Wildman–Crippen MR) is 112 cm³/mol. The fraction of sp³-hybridized carbons (Fsp3) is 0. The standard InChI is InChI=1S/C24H16O2S/c1-3-7-17(8-4-1)25-19-11-13-23-21(15-19)22-16-20(12-14-24(22)27-23)26-18-9-5-2-6-10-18/h1-16H. The highest BCUT2D eigenvalue weighted by atomic mass is 32.1. The maximum Gasteiger partial charge on any atom is 0.128 e. The predicted octanol–water partition coefficient (Wildman–Crippen LogP) is 7.64. The highest BCUT2D eigenvalue weighted by Crippen LogP contribution is 2.39. The number of benzene rings is 4. The summed E-state index contributed by atoms with van der Waals surface area (Å²) >= 11 is 1.78. The van der Waals surface area contributed by atoms with E-state index in [1.807, 2.05) is 72.8 Å². The Morgan fingerprint density at radius 3 is 1.33 bits per heavy atom. The van der Waals surface area contributed by atoms with Gasteiger partial charge in [0.2, 0.25) is 0 Å². The number of hydrogen-bond acceptors (Lipinski definition) is 3. The first-order valence-corrected chi connectivity index (χ1v) is 9.59. The lowest BCUT2D eigenvalue weighted by atomic mass is 10.1. The van der Waals surface area contributed by atoms with Crippen molar-refractivity contribution in [2.45, 2.75) is 0 Å². The normalized spacial score (nSPS) is 11.0. The fourth-order valence-corrected chi connectivity index (χ4v) is 4.18. The molecule has 0 radical (unpaired) electrons. The molecule has 0 aliphatic rings. The SMILES string of the molecule is c1ccc(Oc2ccc3sc4ccc(Oc5ccccc5)cc4c3c2)cc1. The topological polar surface area (TPSA) is 18.5 Å². The third-order valence-corrected chi connectivity index (χ3v) is 5.52. The molecule has 27 heavy (non-hydrogen) atoms. The Kier molecular flexibility index (Phi) is 4.00. The summed E-state index contributed by atoms with van der Waals surface area (Å²) in [6.45, 7) is 0. The van der Waals surface area contributed by atoms with Crippen LogP contribution in [0, 0.1) is 0 Å². The van der Waals surface area contributed by atoms with Crippen molar-refractivity contribution < 1.29 is 9.47 Å². The molecular formula is C24H16O2S. The third kappa shape index (κ3) is 3.25. The van der Waals surface area contributed by atoms with E-state index in [1.165, 1.54) is 20.2 Å². The van der Waals surface area contributed by atoms with E-state index in [0.717, 1.165) is 23.0 Å². The summed E-state index contributed by atoms with van der Waals surface area (Å²) in [6, 6.07) is 32.2. The van der Waals surface area contributed by atoms with Crippen molar-refractivity contribution in [2.75, 3.05) is 0 Å². The van der Waals surface area contributed by atoms with Gasteiger partial charge in [-0.1, -0.05) is 36.4 Å². The second kappa shape index (κ2) is 6.78. The van der Waals surface area contributed by atoms with Gasteiger partial charge in [0.1, 0.15) is 23.0 Å². The zero-order valence-corrected chi connectivity index (χ0v) is 15.3. The van der Waals surface area contributed by atoms with Crippen molar-refractivity contribution in [3.8, 4) is 23.0 Å². The van der Waals surface area contributed by atoms with Crippen LogP contribution in [0.1, 0.15) is 0 Å². The Labute approximate surface area is 161 Å². The van der Waals surface area contributed by atoms with Crippen molar-refractivity contribution in [3.05, 3.63) is 97.1 Å². The lowest BCUT2D eigenvalue weighted by Crippen LogP contribution is -1.84. The summed E-state index contributed by atoms with van der Waals surface area (Å²) in [4.78, 5) is 0. The van der Waals surface area contributed by atoms with E-state index in [2.05, 4.69) is 24.3 Å². The number of fused-ring (bicyclic) bond motifs is 3. The lowest BCUT2D eigenvalue weighted by molar-refractivity contribution is 0.483. The molecule has 0 fully saturated rings. The molecule has 130 valence electrons. The first kappa shape index (κ1) is 15.9. The molecule has 0 amide bonds. The minimum Gasteiger partial charge on any atom is -0.457 e. The quantitative estimate of drug-likeness (QED) is 0.324. The summed E-state index contributed by atoms with van der Waals surface area (Å²) in [5.74, 6) is 3.35. The minimum absolute atomic E-state index is 0.836. The van der Waals surface area contributed by atoms with Crippen LogP contribution in [0.15, 0.2) is 97.1 Å². The first-order chi connectivity index (χ1) is 13.3. The van der Waals surface area contributed by atoms with Crippen molar-refractivity contribution in [1.82, 2.24) is 0 Å². The van der Waals surface area contributed by atoms with Gasteiger partial charge in [-0.15, -0.1) is 11.3 Å². The molecule has 0 saturated heterocycles. The first-order valence-electron chi connectivity index (χ1n) is 8.77. The molecule has 0 aliphatic heterocycles. The van der Waals surface area contributed by atoms with E-state index >= 15 is 0 Å². The molecule has 0 saturated carbocycles. The van der Waals surface area contributed by atoms with Crippen molar-refractivity contribution in [3.63, 3.8) is 0 Å². The van der Waals surface area contributed by atoms with E-state index in [9.17, 15) is 0 Å². The molecule has 0 bridgehead atoms. The van der Waals surface area contributed by atoms with E-state index in [1.54, 1.807) is 11.3 Å². The Balaban J connectivity index is 1.54. The van der Waals surface area contributed by atoms with Crippen LogP contribution in [0.3, 0.4) is 0 Å². The third-order valence-electron chi connectivity index (χ3n) is 4.37. The van der Waals surface area contributed by atoms with Crippen LogP contribution in [-0.2, 0) is 0 Å². The fourth-order valence-electron chi connectivity index (χ4n) is 3.11. The number of para-hydroxylation sites is 2. The van der Waals surface area contributed by atoms with Crippen LogP contribution >= 0.6 is 11.3 Å². The molecule has 0 unspecified atom stereocenters. The molecule has 5 aromatic rings. The van der Waals surface area contributed by atoms with Gasteiger partial charge in [0, 0.05) is 20.2 Å². The minimum atomic E-state index is 0.836. The molecule has 4 aromatic carbocycles.